The smallest absolute Gasteiger partial charge is 0.545 e. The predicted molar refractivity (Wildman–Crippen MR) is 185 cm³/mol. The van der Waals surface area contributed by atoms with Gasteiger partial charge in [-0.1, -0.05) is 47.5 Å². The summed E-state index contributed by atoms with van der Waals surface area (Å²) >= 11 is 12.2. The maximum Gasteiger partial charge on any atom is 1.00 e. The molecule has 0 unspecified atom stereocenters. The number of rotatable bonds is 9. The Bertz CT molecular complexity index is 2250. The van der Waals surface area contributed by atoms with Crippen LogP contribution in [0.3, 0.4) is 0 Å². The molecule has 0 radical (unpaired) electrons. The minimum Gasteiger partial charge on any atom is -0.545 e. The molecule has 5 N–H and O–H groups in total. The third kappa shape index (κ3) is 9.13. The Morgan fingerprint density at radius 2 is 1.59 bits per heavy atom. The van der Waals surface area contributed by atoms with Gasteiger partial charge in [0.1, 0.15) is 29.2 Å². The van der Waals surface area contributed by atoms with Gasteiger partial charge in [0, 0.05) is 29.0 Å². The molecule has 0 aromatic heterocycles. The van der Waals surface area contributed by atoms with E-state index in [1.807, 2.05) is 6.92 Å². The Balaban J connectivity index is 0.000000332. The summed E-state index contributed by atoms with van der Waals surface area (Å²) in [5.41, 5.74) is -0.0339. The van der Waals surface area contributed by atoms with E-state index < -0.39 is 76.1 Å². The topological polar surface area (TPSA) is 246 Å². The number of aldehydes is 1. The number of phenolic OH excluding ortho intramolecular Hbond substituents is 1. The second kappa shape index (κ2) is 18.0. The van der Waals surface area contributed by atoms with Crippen LogP contribution in [0.25, 0.3) is 0 Å². The fraction of sp³-hybridized carbons (Fsp3) is 0.111. The SMILES string of the molecule is Cc1cc(O)c(C=O)c2c1C(=O)Oc1c(COC(=O)C=CC(=O)O)c(O)c(C(=O)O)c(C)c1O2.Cc1ccc(Cl)c(Nc2ccccc2C(=O)[O-])c1Cl.[Na+]. The number of phenols is 2. The van der Waals surface area contributed by atoms with Crippen LogP contribution in [0.4, 0.5) is 11.4 Å². The first-order chi connectivity index (χ1) is 25.0. The molecule has 15 nitrogen and oxygen atoms in total. The first-order valence-electron chi connectivity index (χ1n) is 14.9. The quantitative estimate of drug-likeness (QED) is 0.0538. The zero-order chi connectivity index (χ0) is 39.3. The van der Waals surface area contributed by atoms with Crippen LogP contribution in [0, 0.1) is 20.8 Å². The molecule has 0 spiro atoms. The normalized spacial score (nSPS) is 11.2. The first kappa shape index (κ1) is 42.8. The molecule has 4 aromatic carbocycles. The average Bonchev–Trinajstić information content (AvgIpc) is 3.24. The number of carbonyl (C=O) groups excluding carboxylic acids is 4. The average molecular weight is 790 g/mol. The number of carboxylic acid groups (broad SMARTS) is 3. The van der Waals surface area contributed by atoms with Crippen molar-refractivity contribution in [1.82, 2.24) is 0 Å². The number of fused-ring (bicyclic) bond motifs is 2. The zero-order valence-electron chi connectivity index (χ0n) is 28.6. The summed E-state index contributed by atoms with van der Waals surface area (Å²) in [5.74, 6) is -9.17. The molecule has 0 amide bonds. The van der Waals surface area contributed by atoms with Crippen LogP contribution in [0.1, 0.15) is 63.7 Å². The number of ether oxygens (including phenoxy) is 3. The molecule has 1 heterocycles. The number of benzene rings is 4. The van der Waals surface area contributed by atoms with Crippen molar-refractivity contribution in [3.05, 3.63) is 109 Å². The predicted octanol–water partition coefficient (Wildman–Crippen LogP) is 2.65. The summed E-state index contributed by atoms with van der Waals surface area (Å²) in [6.07, 6.45) is 1.30. The van der Waals surface area contributed by atoms with Crippen molar-refractivity contribution < 1.29 is 98.1 Å². The Labute approximate surface area is 337 Å². The van der Waals surface area contributed by atoms with Crippen molar-refractivity contribution in [1.29, 1.82) is 0 Å². The van der Waals surface area contributed by atoms with E-state index in [9.17, 15) is 49.2 Å². The largest absolute Gasteiger partial charge is 1.00 e. The van der Waals surface area contributed by atoms with E-state index in [1.54, 1.807) is 30.3 Å². The molecule has 0 bridgehead atoms. The maximum absolute atomic E-state index is 12.9. The molecule has 0 saturated carbocycles. The number of aryl methyl sites for hydroxylation is 2. The fourth-order valence-electron chi connectivity index (χ4n) is 4.99. The molecule has 5 rings (SSSR count). The summed E-state index contributed by atoms with van der Waals surface area (Å²) in [6.45, 7) is 3.67. The molecule has 0 aliphatic carbocycles. The van der Waals surface area contributed by atoms with Crippen molar-refractivity contribution in [3.8, 4) is 28.7 Å². The monoisotopic (exact) mass is 789 g/mol. The van der Waals surface area contributed by atoms with E-state index in [0.29, 0.717) is 33.6 Å². The van der Waals surface area contributed by atoms with E-state index in [0.717, 1.165) is 11.6 Å². The van der Waals surface area contributed by atoms with Gasteiger partial charge < -0.3 is 49.9 Å². The minimum absolute atomic E-state index is 0. The Hall–Kier alpha value is -5.58. The van der Waals surface area contributed by atoms with E-state index in [1.165, 1.54) is 19.9 Å². The molecule has 0 atom stereocenters. The van der Waals surface area contributed by atoms with Crippen molar-refractivity contribution in [3.63, 3.8) is 0 Å². The summed E-state index contributed by atoms with van der Waals surface area (Å²) in [5, 5.41) is 53.8. The molecule has 1 aliphatic heterocycles. The third-order valence-electron chi connectivity index (χ3n) is 7.56. The second-order valence-electron chi connectivity index (χ2n) is 11.0. The van der Waals surface area contributed by atoms with Gasteiger partial charge in [0.25, 0.3) is 0 Å². The Kier molecular flexibility index (Phi) is 14.2. The summed E-state index contributed by atoms with van der Waals surface area (Å²) in [7, 11) is 0. The Morgan fingerprint density at radius 1 is 0.926 bits per heavy atom. The van der Waals surface area contributed by atoms with Gasteiger partial charge in [0.05, 0.1) is 32.8 Å². The van der Waals surface area contributed by atoms with Crippen molar-refractivity contribution in [2.75, 3.05) is 5.32 Å². The minimum atomic E-state index is -1.60. The molecular weight excluding hydrogens is 764 g/mol. The van der Waals surface area contributed by atoms with E-state index in [2.05, 4.69) is 5.32 Å². The van der Waals surface area contributed by atoms with Crippen molar-refractivity contribution >= 4 is 70.7 Å². The molecule has 4 aromatic rings. The molecule has 1 aliphatic rings. The number of esters is 2. The fourth-order valence-corrected chi connectivity index (χ4v) is 5.46. The number of nitrogens with one attached hydrogen (secondary N) is 1. The third-order valence-corrected chi connectivity index (χ3v) is 8.36. The molecule has 18 heteroatoms. The Morgan fingerprint density at radius 3 is 2.20 bits per heavy atom. The van der Waals surface area contributed by atoms with Gasteiger partial charge >= 0.3 is 53.4 Å². The van der Waals surface area contributed by atoms with Crippen LogP contribution in [0.15, 0.2) is 54.6 Å². The molecule has 0 fully saturated rings. The summed E-state index contributed by atoms with van der Waals surface area (Å²) in [4.78, 5) is 69.7. The van der Waals surface area contributed by atoms with Crippen LogP contribution in [0.5, 0.6) is 28.7 Å². The number of carbonyl (C=O) groups is 6. The molecule has 0 saturated heterocycles. The standard InChI is InChI=1S/C22H16O12.C14H11Cl2NO2.Na/c1-8-5-12(24)10(6-23)19-15(8)22(31)34-20-11(7-32-14(27)4-3-13(25)26)17(28)16(21(29)30)9(2)18(20)33-19;1-8-6-7-10(15)13(12(8)16)17-11-5-3-2-4-9(11)14(18)19;/h3-6,24,28H,7H2,1-2H3,(H,25,26)(H,29,30);2-7,17H,1H3,(H,18,19);/q;;+1/p-1. The number of aliphatic carboxylic acids is 1. The van der Waals surface area contributed by atoms with Crippen LogP contribution >= 0.6 is 23.2 Å². The van der Waals surface area contributed by atoms with Gasteiger partial charge in [0.2, 0.25) is 0 Å². The van der Waals surface area contributed by atoms with Gasteiger partial charge in [-0.05, 0) is 50.1 Å². The van der Waals surface area contributed by atoms with Crippen LogP contribution in [-0.4, -0.2) is 56.6 Å². The van der Waals surface area contributed by atoms with Gasteiger partial charge in [-0.25, -0.2) is 19.2 Å². The number of aromatic hydroxyl groups is 2. The number of aromatic carboxylic acids is 2. The summed E-state index contributed by atoms with van der Waals surface area (Å²) in [6, 6.07) is 11.0. The number of halogens is 2. The van der Waals surface area contributed by atoms with Gasteiger partial charge in [0.15, 0.2) is 23.5 Å². The number of hydrogen-bond donors (Lipinski definition) is 5. The van der Waals surface area contributed by atoms with Crippen molar-refractivity contribution in [2.45, 2.75) is 27.4 Å². The van der Waals surface area contributed by atoms with Crippen LogP contribution in [-0.2, 0) is 20.9 Å². The molecular formula is C36H26Cl2NNaO14. The van der Waals surface area contributed by atoms with Gasteiger partial charge in [-0.2, -0.15) is 0 Å². The molecule has 274 valence electrons. The number of hydrogen-bond acceptors (Lipinski definition) is 13. The van der Waals surface area contributed by atoms with Gasteiger partial charge in [-0.15, -0.1) is 0 Å². The number of carboxylic acids is 3. The molecule has 54 heavy (non-hydrogen) atoms. The van der Waals surface area contributed by atoms with Crippen LogP contribution in [0.2, 0.25) is 10.0 Å². The van der Waals surface area contributed by atoms with Gasteiger partial charge in [-0.3, -0.25) is 4.79 Å². The van der Waals surface area contributed by atoms with E-state index in [4.69, 9.17) is 42.5 Å². The zero-order valence-corrected chi connectivity index (χ0v) is 32.1. The van der Waals surface area contributed by atoms with Crippen molar-refractivity contribution in [2.24, 2.45) is 0 Å². The first-order valence-corrected chi connectivity index (χ1v) is 15.7. The number of anilines is 2. The number of para-hydroxylation sites is 1. The summed E-state index contributed by atoms with van der Waals surface area (Å²) < 4.78 is 15.9. The van der Waals surface area contributed by atoms with E-state index in [-0.39, 0.29) is 63.8 Å². The van der Waals surface area contributed by atoms with E-state index >= 15 is 0 Å². The van der Waals surface area contributed by atoms with Crippen LogP contribution < -0.4 is 49.5 Å². The maximum atomic E-state index is 12.9. The second-order valence-corrected chi connectivity index (χ2v) is 11.8.